The van der Waals surface area contributed by atoms with E-state index in [0.29, 0.717) is 24.0 Å². The zero-order chi connectivity index (χ0) is 12.5. The van der Waals surface area contributed by atoms with E-state index >= 15 is 0 Å². The van der Waals surface area contributed by atoms with Crippen molar-refractivity contribution in [1.82, 2.24) is 19.9 Å². The fourth-order valence-corrected chi connectivity index (χ4v) is 1.78. The van der Waals surface area contributed by atoms with Crippen molar-refractivity contribution in [2.45, 2.75) is 38.6 Å². The minimum atomic E-state index is -0.109. The number of hydrogen-bond acceptors (Lipinski definition) is 5. The van der Waals surface area contributed by atoms with Crippen LogP contribution in [-0.2, 0) is 6.54 Å². The van der Waals surface area contributed by atoms with Gasteiger partial charge in [-0.15, -0.1) is 0 Å². The second-order valence-electron chi connectivity index (χ2n) is 4.51. The number of nitrogens with zero attached hydrogens (tertiary/aromatic N) is 4. The molecule has 0 aromatic carbocycles. The SMILES string of the molecule is CCCn1nc(-c2nc(C3CC3)no2)ccc1=O. The molecule has 1 saturated carbocycles. The van der Waals surface area contributed by atoms with Crippen molar-refractivity contribution in [3.63, 3.8) is 0 Å². The lowest BCUT2D eigenvalue weighted by Crippen LogP contribution is -2.22. The second-order valence-corrected chi connectivity index (χ2v) is 4.51. The Hall–Kier alpha value is -1.98. The molecule has 3 rings (SSSR count). The standard InChI is InChI=1S/C12H14N4O2/c1-2-7-16-10(17)6-5-9(14-16)12-13-11(15-18-12)8-3-4-8/h5-6,8H,2-4,7H2,1H3. The molecule has 1 aliphatic carbocycles. The Morgan fingerprint density at radius 2 is 2.28 bits per heavy atom. The molecule has 2 aromatic rings. The van der Waals surface area contributed by atoms with Crippen molar-refractivity contribution in [2.24, 2.45) is 0 Å². The summed E-state index contributed by atoms with van der Waals surface area (Å²) in [5.41, 5.74) is 0.449. The van der Waals surface area contributed by atoms with Crippen LogP contribution in [0.1, 0.15) is 37.9 Å². The lowest BCUT2D eigenvalue weighted by Gasteiger charge is -2.02. The third kappa shape index (κ3) is 2.05. The summed E-state index contributed by atoms with van der Waals surface area (Å²) in [6.07, 6.45) is 3.11. The average Bonchev–Trinajstić information content (AvgIpc) is 3.11. The Labute approximate surface area is 104 Å². The minimum Gasteiger partial charge on any atom is -0.332 e. The summed E-state index contributed by atoms with van der Waals surface area (Å²) in [5.74, 6) is 1.59. The molecule has 0 aliphatic heterocycles. The van der Waals surface area contributed by atoms with Crippen molar-refractivity contribution < 1.29 is 4.52 Å². The third-order valence-electron chi connectivity index (χ3n) is 2.91. The quantitative estimate of drug-likeness (QED) is 0.818. The Kier molecular flexibility index (Phi) is 2.70. The van der Waals surface area contributed by atoms with Crippen molar-refractivity contribution in [3.8, 4) is 11.6 Å². The first-order chi connectivity index (χ1) is 8.78. The molecule has 6 heteroatoms. The van der Waals surface area contributed by atoms with Crippen LogP contribution in [0.2, 0.25) is 0 Å². The van der Waals surface area contributed by atoms with Gasteiger partial charge in [-0.1, -0.05) is 12.1 Å². The van der Waals surface area contributed by atoms with E-state index < -0.39 is 0 Å². The van der Waals surface area contributed by atoms with Gasteiger partial charge in [0.1, 0.15) is 5.69 Å². The molecule has 94 valence electrons. The van der Waals surface area contributed by atoms with Crippen LogP contribution in [0.4, 0.5) is 0 Å². The molecule has 6 nitrogen and oxygen atoms in total. The van der Waals surface area contributed by atoms with Crippen LogP contribution < -0.4 is 5.56 Å². The van der Waals surface area contributed by atoms with E-state index in [1.54, 1.807) is 6.07 Å². The number of hydrogen-bond donors (Lipinski definition) is 0. The van der Waals surface area contributed by atoms with Gasteiger partial charge in [0.15, 0.2) is 5.82 Å². The van der Waals surface area contributed by atoms with Gasteiger partial charge in [-0.25, -0.2) is 4.68 Å². The highest BCUT2D eigenvalue weighted by atomic mass is 16.5. The largest absolute Gasteiger partial charge is 0.332 e. The lowest BCUT2D eigenvalue weighted by atomic mass is 10.3. The molecule has 0 N–H and O–H groups in total. The zero-order valence-electron chi connectivity index (χ0n) is 10.2. The van der Waals surface area contributed by atoms with Crippen LogP contribution in [0.5, 0.6) is 0 Å². The predicted molar refractivity (Wildman–Crippen MR) is 64.1 cm³/mol. The van der Waals surface area contributed by atoms with Crippen molar-refractivity contribution >= 4 is 0 Å². The number of aromatic nitrogens is 4. The summed E-state index contributed by atoms with van der Waals surface area (Å²) in [4.78, 5) is 15.9. The molecule has 2 aromatic heterocycles. The normalized spacial score (nSPS) is 14.9. The fraction of sp³-hybridized carbons (Fsp3) is 0.500. The van der Waals surface area contributed by atoms with Crippen LogP contribution in [0.25, 0.3) is 11.6 Å². The van der Waals surface area contributed by atoms with Gasteiger partial charge < -0.3 is 4.52 Å². The van der Waals surface area contributed by atoms with Crippen LogP contribution in [0.3, 0.4) is 0 Å². The molecule has 0 saturated heterocycles. The maximum absolute atomic E-state index is 11.5. The topological polar surface area (TPSA) is 73.8 Å². The molecular weight excluding hydrogens is 232 g/mol. The molecule has 1 fully saturated rings. The first kappa shape index (κ1) is 11.1. The molecular formula is C12H14N4O2. The summed E-state index contributed by atoms with van der Waals surface area (Å²) in [7, 11) is 0. The molecule has 2 heterocycles. The van der Waals surface area contributed by atoms with E-state index in [4.69, 9.17) is 4.52 Å². The van der Waals surface area contributed by atoms with Gasteiger partial charge in [-0.2, -0.15) is 10.1 Å². The molecule has 18 heavy (non-hydrogen) atoms. The minimum absolute atomic E-state index is 0.109. The number of rotatable bonds is 4. The van der Waals surface area contributed by atoms with Crippen LogP contribution in [0.15, 0.2) is 21.5 Å². The first-order valence-corrected chi connectivity index (χ1v) is 6.20. The van der Waals surface area contributed by atoms with Gasteiger partial charge in [0.25, 0.3) is 11.4 Å². The monoisotopic (exact) mass is 246 g/mol. The Morgan fingerprint density at radius 1 is 1.44 bits per heavy atom. The van der Waals surface area contributed by atoms with Crippen LogP contribution in [-0.4, -0.2) is 19.9 Å². The van der Waals surface area contributed by atoms with Crippen molar-refractivity contribution in [3.05, 3.63) is 28.3 Å². The van der Waals surface area contributed by atoms with E-state index in [1.807, 2.05) is 6.92 Å². The predicted octanol–water partition coefficient (Wildman–Crippen LogP) is 1.58. The van der Waals surface area contributed by atoms with Crippen molar-refractivity contribution in [2.75, 3.05) is 0 Å². The zero-order valence-corrected chi connectivity index (χ0v) is 10.2. The van der Waals surface area contributed by atoms with E-state index in [0.717, 1.165) is 25.1 Å². The molecule has 0 spiro atoms. The molecule has 0 atom stereocenters. The first-order valence-electron chi connectivity index (χ1n) is 6.20. The Bertz CT molecular complexity index is 613. The average molecular weight is 246 g/mol. The molecule has 0 radical (unpaired) electrons. The highest BCUT2D eigenvalue weighted by Gasteiger charge is 2.29. The van der Waals surface area contributed by atoms with Gasteiger partial charge >= 0.3 is 0 Å². The van der Waals surface area contributed by atoms with E-state index in [9.17, 15) is 4.79 Å². The van der Waals surface area contributed by atoms with Gasteiger partial charge in [0, 0.05) is 18.5 Å². The highest BCUT2D eigenvalue weighted by Crippen LogP contribution is 2.38. The maximum Gasteiger partial charge on any atom is 0.278 e. The maximum atomic E-state index is 11.5. The lowest BCUT2D eigenvalue weighted by molar-refractivity contribution is 0.419. The number of aryl methyl sites for hydroxylation is 1. The summed E-state index contributed by atoms with van der Waals surface area (Å²) < 4.78 is 6.61. The highest BCUT2D eigenvalue weighted by molar-refractivity contribution is 5.44. The molecule has 0 amide bonds. The van der Waals surface area contributed by atoms with E-state index in [1.165, 1.54) is 10.7 Å². The molecule has 0 bridgehead atoms. The van der Waals surface area contributed by atoms with Crippen molar-refractivity contribution in [1.29, 1.82) is 0 Å². The Morgan fingerprint density at radius 3 is 3.00 bits per heavy atom. The van der Waals surface area contributed by atoms with Crippen LogP contribution in [0, 0.1) is 0 Å². The molecule has 0 unspecified atom stereocenters. The summed E-state index contributed by atoms with van der Waals surface area (Å²) in [6.45, 7) is 2.59. The van der Waals surface area contributed by atoms with Crippen LogP contribution >= 0.6 is 0 Å². The third-order valence-corrected chi connectivity index (χ3v) is 2.91. The summed E-state index contributed by atoms with van der Waals surface area (Å²) in [5, 5.41) is 8.17. The second kappa shape index (κ2) is 4.36. The molecule has 1 aliphatic rings. The summed E-state index contributed by atoms with van der Waals surface area (Å²) >= 11 is 0. The van der Waals surface area contributed by atoms with E-state index in [-0.39, 0.29) is 5.56 Å². The van der Waals surface area contributed by atoms with Gasteiger partial charge in [0.05, 0.1) is 0 Å². The smallest absolute Gasteiger partial charge is 0.278 e. The van der Waals surface area contributed by atoms with Gasteiger partial charge in [0.2, 0.25) is 0 Å². The summed E-state index contributed by atoms with van der Waals surface area (Å²) in [6, 6.07) is 3.11. The fourth-order valence-electron chi connectivity index (χ4n) is 1.78. The Balaban J connectivity index is 1.94. The van der Waals surface area contributed by atoms with Gasteiger partial charge in [-0.05, 0) is 25.3 Å². The van der Waals surface area contributed by atoms with E-state index in [2.05, 4.69) is 15.2 Å². The van der Waals surface area contributed by atoms with Gasteiger partial charge in [-0.3, -0.25) is 4.79 Å².